The van der Waals surface area contributed by atoms with Crippen molar-refractivity contribution in [1.29, 1.82) is 0 Å². The fourth-order valence-corrected chi connectivity index (χ4v) is 1.81. The maximum Gasteiger partial charge on any atom is 0.176 e. The lowest BCUT2D eigenvalue weighted by atomic mass is 9.98. The number of Topliss-reactive ketones (excluding diaryl/α,β-unsaturated/α-hetero) is 1. The molecular formula is C11H13NO. The van der Waals surface area contributed by atoms with Crippen LogP contribution in [0, 0.1) is 6.92 Å². The highest BCUT2D eigenvalue weighted by atomic mass is 16.1. The Hall–Kier alpha value is -1.15. The molecule has 0 amide bonds. The lowest BCUT2D eigenvalue weighted by molar-refractivity contribution is 0.0994. The molecule has 68 valence electrons. The van der Waals surface area contributed by atoms with Crippen molar-refractivity contribution in [3.8, 4) is 0 Å². The molecule has 2 rings (SSSR count). The molecule has 0 aliphatic carbocycles. The number of nitrogens with one attached hydrogen (secondary N) is 1. The van der Waals surface area contributed by atoms with E-state index in [1.165, 1.54) is 11.1 Å². The minimum atomic E-state index is 0.219. The van der Waals surface area contributed by atoms with Gasteiger partial charge in [-0.05, 0) is 31.0 Å². The Balaban J connectivity index is 2.54. The molecule has 0 saturated carbocycles. The van der Waals surface area contributed by atoms with Crippen LogP contribution in [-0.2, 0) is 6.42 Å². The van der Waals surface area contributed by atoms with Crippen LogP contribution in [0.1, 0.15) is 21.5 Å². The SMILES string of the molecule is Cc1cccc2c1CCNCC2=O. The fourth-order valence-electron chi connectivity index (χ4n) is 1.81. The molecule has 1 heterocycles. The summed E-state index contributed by atoms with van der Waals surface area (Å²) in [5.41, 5.74) is 3.36. The molecule has 1 N–H and O–H groups in total. The van der Waals surface area contributed by atoms with Gasteiger partial charge in [0.15, 0.2) is 5.78 Å². The zero-order valence-corrected chi connectivity index (χ0v) is 7.76. The summed E-state index contributed by atoms with van der Waals surface area (Å²) in [6.07, 6.45) is 0.966. The summed E-state index contributed by atoms with van der Waals surface area (Å²) < 4.78 is 0. The summed E-state index contributed by atoms with van der Waals surface area (Å²) in [6.45, 7) is 3.46. The van der Waals surface area contributed by atoms with Gasteiger partial charge in [0, 0.05) is 5.56 Å². The monoisotopic (exact) mass is 175 g/mol. The molecule has 0 spiro atoms. The first-order valence-electron chi connectivity index (χ1n) is 4.61. The first-order chi connectivity index (χ1) is 6.29. The van der Waals surface area contributed by atoms with E-state index in [0.717, 1.165) is 18.5 Å². The van der Waals surface area contributed by atoms with E-state index < -0.39 is 0 Å². The number of hydrogen-bond donors (Lipinski definition) is 1. The molecule has 0 unspecified atom stereocenters. The van der Waals surface area contributed by atoms with Gasteiger partial charge in [-0.3, -0.25) is 4.79 Å². The van der Waals surface area contributed by atoms with Crippen molar-refractivity contribution in [1.82, 2.24) is 5.32 Å². The van der Waals surface area contributed by atoms with E-state index in [-0.39, 0.29) is 5.78 Å². The van der Waals surface area contributed by atoms with Crippen molar-refractivity contribution in [2.45, 2.75) is 13.3 Å². The average molecular weight is 175 g/mol. The fraction of sp³-hybridized carbons (Fsp3) is 0.364. The van der Waals surface area contributed by atoms with Crippen LogP contribution in [0.4, 0.5) is 0 Å². The second-order valence-electron chi connectivity index (χ2n) is 3.45. The predicted molar refractivity (Wildman–Crippen MR) is 52.1 cm³/mol. The molecular weight excluding hydrogens is 162 g/mol. The summed E-state index contributed by atoms with van der Waals surface area (Å²) >= 11 is 0. The number of benzene rings is 1. The third-order valence-electron chi connectivity index (χ3n) is 2.55. The molecule has 0 bridgehead atoms. The van der Waals surface area contributed by atoms with E-state index in [4.69, 9.17) is 0 Å². The maximum absolute atomic E-state index is 11.6. The molecule has 1 aromatic carbocycles. The van der Waals surface area contributed by atoms with Crippen molar-refractivity contribution in [3.05, 3.63) is 34.9 Å². The second-order valence-corrected chi connectivity index (χ2v) is 3.45. The van der Waals surface area contributed by atoms with Gasteiger partial charge in [0.2, 0.25) is 0 Å². The van der Waals surface area contributed by atoms with Gasteiger partial charge in [0.25, 0.3) is 0 Å². The standard InChI is InChI=1S/C11H13NO/c1-8-3-2-4-10-9(8)5-6-12-7-11(10)13/h2-4,12H,5-7H2,1H3. The molecule has 0 saturated heterocycles. The second kappa shape index (κ2) is 3.30. The van der Waals surface area contributed by atoms with Gasteiger partial charge in [-0.25, -0.2) is 0 Å². The lowest BCUT2D eigenvalue weighted by Gasteiger charge is -2.06. The van der Waals surface area contributed by atoms with E-state index in [9.17, 15) is 4.79 Å². The van der Waals surface area contributed by atoms with E-state index in [2.05, 4.69) is 18.3 Å². The lowest BCUT2D eigenvalue weighted by Crippen LogP contribution is -2.21. The topological polar surface area (TPSA) is 29.1 Å². The summed E-state index contributed by atoms with van der Waals surface area (Å²) in [4.78, 5) is 11.6. The Morgan fingerprint density at radius 1 is 1.38 bits per heavy atom. The molecule has 1 aromatic rings. The van der Waals surface area contributed by atoms with Gasteiger partial charge >= 0.3 is 0 Å². The molecule has 2 nitrogen and oxygen atoms in total. The number of carbonyl (C=O) groups is 1. The number of hydrogen-bond acceptors (Lipinski definition) is 2. The number of aryl methyl sites for hydroxylation is 1. The normalized spacial score (nSPS) is 16.5. The minimum absolute atomic E-state index is 0.219. The number of fused-ring (bicyclic) bond motifs is 1. The highest BCUT2D eigenvalue weighted by Gasteiger charge is 2.15. The summed E-state index contributed by atoms with van der Waals surface area (Å²) in [6, 6.07) is 5.95. The molecule has 0 fully saturated rings. The molecule has 13 heavy (non-hydrogen) atoms. The molecule has 1 aliphatic heterocycles. The number of ketones is 1. The van der Waals surface area contributed by atoms with Crippen LogP contribution in [0.2, 0.25) is 0 Å². The molecule has 0 radical (unpaired) electrons. The van der Waals surface area contributed by atoms with Crippen molar-refractivity contribution in [2.75, 3.05) is 13.1 Å². The average Bonchev–Trinajstić information content (AvgIpc) is 2.30. The molecule has 0 aromatic heterocycles. The summed E-state index contributed by atoms with van der Waals surface area (Å²) in [7, 11) is 0. The zero-order valence-electron chi connectivity index (χ0n) is 7.76. The smallest absolute Gasteiger partial charge is 0.176 e. The molecule has 0 atom stereocenters. The van der Waals surface area contributed by atoms with E-state index >= 15 is 0 Å². The Morgan fingerprint density at radius 3 is 3.08 bits per heavy atom. The predicted octanol–water partition coefficient (Wildman–Crippen LogP) is 1.32. The Labute approximate surface area is 78.0 Å². The van der Waals surface area contributed by atoms with Crippen LogP contribution < -0.4 is 5.32 Å². The Bertz CT molecular complexity index is 344. The van der Waals surface area contributed by atoms with Crippen molar-refractivity contribution in [2.24, 2.45) is 0 Å². The van der Waals surface area contributed by atoms with Crippen LogP contribution >= 0.6 is 0 Å². The third-order valence-corrected chi connectivity index (χ3v) is 2.55. The van der Waals surface area contributed by atoms with Crippen molar-refractivity contribution in [3.63, 3.8) is 0 Å². The van der Waals surface area contributed by atoms with Gasteiger partial charge in [-0.2, -0.15) is 0 Å². The quantitative estimate of drug-likeness (QED) is 0.644. The molecule has 1 aliphatic rings. The van der Waals surface area contributed by atoms with Gasteiger partial charge in [-0.15, -0.1) is 0 Å². The highest BCUT2D eigenvalue weighted by Crippen LogP contribution is 2.16. The van der Waals surface area contributed by atoms with Gasteiger partial charge in [0.05, 0.1) is 6.54 Å². The number of carbonyl (C=O) groups excluding carboxylic acids is 1. The van der Waals surface area contributed by atoms with E-state index in [1.54, 1.807) is 0 Å². The first-order valence-corrected chi connectivity index (χ1v) is 4.61. The van der Waals surface area contributed by atoms with Crippen molar-refractivity contribution < 1.29 is 4.79 Å². The third kappa shape index (κ3) is 1.49. The van der Waals surface area contributed by atoms with E-state index in [1.807, 2.05) is 12.1 Å². The summed E-state index contributed by atoms with van der Waals surface area (Å²) in [5.74, 6) is 0.219. The van der Waals surface area contributed by atoms with Crippen LogP contribution in [-0.4, -0.2) is 18.9 Å². The van der Waals surface area contributed by atoms with Crippen LogP contribution in [0.5, 0.6) is 0 Å². The van der Waals surface area contributed by atoms with Gasteiger partial charge < -0.3 is 5.32 Å². The van der Waals surface area contributed by atoms with Crippen LogP contribution in [0.25, 0.3) is 0 Å². The maximum atomic E-state index is 11.6. The Kier molecular flexibility index (Phi) is 2.15. The van der Waals surface area contributed by atoms with Gasteiger partial charge in [-0.1, -0.05) is 18.2 Å². The van der Waals surface area contributed by atoms with E-state index in [0.29, 0.717) is 6.54 Å². The highest BCUT2D eigenvalue weighted by molar-refractivity contribution is 5.99. The Morgan fingerprint density at radius 2 is 2.23 bits per heavy atom. The largest absolute Gasteiger partial charge is 0.309 e. The summed E-state index contributed by atoms with van der Waals surface area (Å²) in [5, 5.41) is 3.12. The van der Waals surface area contributed by atoms with Crippen LogP contribution in [0.3, 0.4) is 0 Å². The number of rotatable bonds is 0. The first kappa shape index (κ1) is 8.45. The van der Waals surface area contributed by atoms with Crippen molar-refractivity contribution >= 4 is 5.78 Å². The minimum Gasteiger partial charge on any atom is -0.309 e. The van der Waals surface area contributed by atoms with Gasteiger partial charge in [0.1, 0.15) is 0 Å². The zero-order chi connectivity index (χ0) is 9.26. The van der Waals surface area contributed by atoms with Crippen LogP contribution in [0.15, 0.2) is 18.2 Å². The molecule has 2 heteroatoms.